The van der Waals surface area contributed by atoms with Crippen LogP contribution in [0.4, 0.5) is 13.2 Å². The molecule has 1 aromatic rings. The molecule has 0 amide bonds. The lowest BCUT2D eigenvalue weighted by atomic mass is 9.95. The predicted octanol–water partition coefficient (Wildman–Crippen LogP) is 2.90. The zero-order chi connectivity index (χ0) is 12.3. The van der Waals surface area contributed by atoms with Crippen molar-refractivity contribution in [2.24, 2.45) is 0 Å². The second kappa shape index (κ2) is 4.35. The van der Waals surface area contributed by atoms with Crippen LogP contribution < -0.4 is 0 Å². The van der Waals surface area contributed by atoms with Crippen LogP contribution in [0.2, 0.25) is 0 Å². The lowest BCUT2D eigenvalue weighted by Crippen LogP contribution is -2.10. The molecule has 0 radical (unpaired) electrons. The van der Waals surface area contributed by atoms with Crippen molar-refractivity contribution >= 4 is 5.78 Å². The predicted molar refractivity (Wildman–Crippen MR) is 50.5 cm³/mol. The maximum atomic E-state index is 12.4. The monoisotopic (exact) mass is 227 g/mol. The van der Waals surface area contributed by atoms with Crippen LogP contribution in [-0.4, -0.2) is 5.78 Å². The van der Waals surface area contributed by atoms with E-state index in [2.05, 4.69) is 0 Å². The summed E-state index contributed by atoms with van der Waals surface area (Å²) in [5.41, 5.74) is -0.781. The Hall–Kier alpha value is -1.83. The fourth-order valence-electron chi connectivity index (χ4n) is 1.29. The third-order valence-corrected chi connectivity index (χ3v) is 2.08. The standard InChI is InChI=1S/C11H8F3NO/c1-7(16)10(6-15)8-3-2-4-9(5-8)11(12,13)14/h2-5,10H,1H3/t10-/m0/s1. The van der Waals surface area contributed by atoms with E-state index in [4.69, 9.17) is 5.26 Å². The molecule has 0 saturated heterocycles. The molecule has 0 spiro atoms. The SMILES string of the molecule is CC(=O)[C@H](C#N)c1cccc(C(F)(F)F)c1. The van der Waals surface area contributed by atoms with Gasteiger partial charge in [0.1, 0.15) is 5.92 Å². The van der Waals surface area contributed by atoms with Gasteiger partial charge in [0.05, 0.1) is 11.6 Å². The molecule has 0 N–H and O–H groups in total. The highest BCUT2D eigenvalue weighted by atomic mass is 19.4. The van der Waals surface area contributed by atoms with Crippen LogP contribution in [0.25, 0.3) is 0 Å². The van der Waals surface area contributed by atoms with Crippen LogP contribution >= 0.6 is 0 Å². The zero-order valence-corrected chi connectivity index (χ0v) is 8.38. The Morgan fingerprint density at radius 2 is 2.06 bits per heavy atom. The van der Waals surface area contributed by atoms with Gasteiger partial charge in [-0.15, -0.1) is 0 Å². The van der Waals surface area contributed by atoms with Gasteiger partial charge in [0.25, 0.3) is 0 Å². The van der Waals surface area contributed by atoms with Gasteiger partial charge in [0.2, 0.25) is 0 Å². The zero-order valence-electron chi connectivity index (χ0n) is 8.38. The first-order valence-electron chi connectivity index (χ1n) is 4.43. The maximum absolute atomic E-state index is 12.4. The number of alkyl halides is 3. The fourth-order valence-corrected chi connectivity index (χ4v) is 1.29. The van der Waals surface area contributed by atoms with E-state index < -0.39 is 23.4 Å². The Labute approximate surface area is 90.3 Å². The minimum atomic E-state index is -4.47. The van der Waals surface area contributed by atoms with E-state index in [1.165, 1.54) is 19.1 Å². The number of nitriles is 1. The third kappa shape index (κ3) is 2.60. The maximum Gasteiger partial charge on any atom is 0.416 e. The Morgan fingerprint density at radius 3 is 2.50 bits per heavy atom. The average Bonchev–Trinajstić information content (AvgIpc) is 2.17. The molecule has 2 nitrogen and oxygen atoms in total. The molecule has 0 fully saturated rings. The molecule has 1 aromatic carbocycles. The summed E-state index contributed by atoms with van der Waals surface area (Å²) >= 11 is 0. The van der Waals surface area contributed by atoms with Crippen molar-refractivity contribution in [2.45, 2.75) is 19.0 Å². The summed E-state index contributed by atoms with van der Waals surface area (Å²) in [6, 6.07) is 5.93. The van der Waals surface area contributed by atoms with E-state index in [-0.39, 0.29) is 5.56 Å². The first-order chi connectivity index (χ1) is 7.36. The van der Waals surface area contributed by atoms with E-state index in [1.807, 2.05) is 0 Å². The third-order valence-electron chi connectivity index (χ3n) is 2.08. The van der Waals surface area contributed by atoms with Gasteiger partial charge in [0.15, 0.2) is 5.78 Å². The van der Waals surface area contributed by atoms with E-state index in [1.54, 1.807) is 6.07 Å². The Morgan fingerprint density at radius 1 is 1.44 bits per heavy atom. The molecule has 0 aliphatic heterocycles. The molecule has 0 unspecified atom stereocenters. The average molecular weight is 227 g/mol. The molecule has 0 saturated carbocycles. The fraction of sp³-hybridized carbons (Fsp3) is 0.273. The van der Waals surface area contributed by atoms with Crippen molar-refractivity contribution in [3.8, 4) is 6.07 Å². The number of halogens is 3. The summed E-state index contributed by atoms with van der Waals surface area (Å²) in [6.45, 7) is 1.17. The van der Waals surface area contributed by atoms with Crippen molar-refractivity contribution in [1.82, 2.24) is 0 Å². The summed E-state index contributed by atoms with van der Waals surface area (Å²) in [7, 11) is 0. The van der Waals surface area contributed by atoms with Crippen molar-refractivity contribution in [3.63, 3.8) is 0 Å². The number of carbonyl (C=O) groups excluding carboxylic acids is 1. The summed E-state index contributed by atoms with van der Waals surface area (Å²) in [6.07, 6.45) is -4.47. The van der Waals surface area contributed by atoms with Crippen LogP contribution in [0.5, 0.6) is 0 Å². The molecular weight excluding hydrogens is 219 g/mol. The number of Topliss-reactive ketones (excluding diaryl/α,β-unsaturated/α-hetero) is 1. The van der Waals surface area contributed by atoms with Crippen molar-refractivity contribution in [3.05, 3.63) is 35.4 Å². The molecule has 1 atom stereocenters. The number of carbonyl (C=O) groups is 1. The number of nitrogens with zero attached hydrogens (tertiary/aromatic N) is 1. The molecule has 84 valence electrons. The highest BCUT2D eigenvalue weighted by Gasteiger charge is 2.31. The van der Waals surface area contributed by atoms with Crippen LogP contribution in [0.15, 0.2) is 24.3 Å². The molecule has 1 rings (SSSR count). The Bertz CT molecular complexity index is 445. The lowest BCUT2D eigenvalue weighted by molar-refractivity contribution is -0.137. The summed E-state index contributed by atoms with van der Waals surface area (Å²) in [5, 5.41) is 8.69. The van der Waals surface area contributed by atoms with Crippen LogP contribution in [-0.2, 0) is 11.0 Å². The topological polar surface area (TPSA) is 40.9 Å². The van der Waals surface area contributed by atoms with Crippen LogP contribution in [0, 0.1) is 11.3 Å². The van der Waals surface area contributed by atoms with Gasteiger partial charge in [-0.1, -0.05) is 18.2 Å². The summed E-state index contributed by atoms with van der Waals surface area (Å²) in [5.74, 6) is -1.61. The van der Waals surface area contributed by atoms with Crippen LogP contribution in [0.1, 0.15) is 24.0 Å². The molecule has 5 heteroatoms. The second-order valence-electron chi connectivity index (χ2n) is 3.30. The van der Waals surface area contributed by atoms with E-state index in [0.29, 0.717) is 0 Å². The highest BCUT2D eigenvalue weighted by molar-refractivity contribution is 5.86. The first kappa shape index (κ1) is 12.2. The molecule has 0 bridgehead atoms. The molecule has 16 heavy (non-hydrogen) atoms. The smallest absolute Gasteiger partial charge is 0.298 e. The first-order valence-corrected chi connectivity index (χ1v) is 4.43. The second-order valence-corrected chi connectivity index (χ2v) is 3.30. The molecular formula is C11H8F3NO. The summed E-state index contributed by atoms with van der Waals surface area (Å²) < 4.78 is 37.1. The van der Waals surface area contributed by atoms with Crippen molar-refractivity contribution in [2.75, 3.05) is 0 Å². The molecule has 0 aliphatic rings. The Kier molecular flexibility index (Phi) is 3.33. The van der Waals surface area contributed by atoms with Gasteiger partial charge in [-0.05, 0) is 18.6 Å². The van der Waals surface area contributed by atoms with Crippen molar-refractivity contribution < 1.29 is 18.0 Å². The number of hydrogen-bond acceptors (Lipinski definition) is 2. The van der Waals surface area contributed by atoms with Gasteiger partial charge in [-0.2, -0.15) is 18.4 Å². The number of hydrogen-bond donors (Lipinski definition) is 0. The minimum Gasteiger partial charge on any atom is -0.298 e. The largest absolute Gasteiger partial charge is 0.416 e. The molecule has 0 aliphatic carbocycles. The van der Waals surface area contributed by atoms with Gasteiger partial charge >= 0.3 is 6.18 Å². The quantitative estimate of drug-likeness (QED) is 0.779. The van der Waals surface area contributed by atoms with Gasteiger partial charge in [-0.3, -0.25) is 4.79 Å². The van der Waals surface area contributed by atoms with E-state index >= 15 is 0 Å². The lowest BCUT2D eigenvalue weighted by Gasteiger charge is -2.10. The molecule has 0 aromatic heterocycles. The highest BCUT2D eigenvalue weighted by Crippen LogP contribution is 2.31. The molecule has 0 heterocycles. The normalized spacial score (nSPS) is 12.9. The van der Waals surface area contributed by atoms with E-state index in [9.17, 15) is 18.0 Å². The van der Waals surface area contributed by atoms with Crippen molar-refractivity contribution in [1.29, 1.82) is 5.26 Å². The summed E-state index contributed by atoms with van der Waals surface area (Å²) in [4.78, 5) is 11.0. The van der Waals surface area contributed by atoms with Gasteiger partial charge in [0, 0.05) is 0 Å². The van der Waals surface area contributed by atoms with E-state index in [0.717, 1.165) is 12.1 Å². The van der Waals surface area contributed by atoms with Gasteiger partial charge < -0.3 is 0 Å². The Balaban J connectivity index is 3.18. The minimum absolute atomic E-state index is 0.0739. The van der Waals surface area contributed by atoms with Gasteiger partial charge in [-0.25, -0.2) is 0 Å². The number of benzene rings is 1. The number of ketones is 1. The van der Waals surface area contributed by atoms with Crippen LogP contribution in [0.3, 0.4) is 0 Å². The number of rotatable bonds is 2.